The summed E-state index contributed by atoms with van der Waals surface area (Å²) < 4.78 is 37.0. The first-order valence-electron chi connectivity index (χ1n) is 10.0. The summed E-state index contributed by atoms with van der Waals surface area (Å²) in [5.74, 6) is 0.934. The third kappa shape index (κ3) is 12.4. The number of aliphatic hydroxyl groups excluding tert-OH is 1. The van der Waals surface area contributed by atoms with Crippen LogP contribution in [0, 0.1) is 6.92 Å². The molecule has 9 heteroatoms. The van der Waals surface area contributed by atoms with Crippen molar-refractivity contribution in [3.8, 4) is 11.5 Å². The van der Waals surface area contributed by atoms with Crippen LogP contribution in [-0.4, -0.2) is 42.4 Å². The van der Waals surface area contributed by atoms with E-state index in [1.807, 2.05) is 64.1 Å². The van der Waals surface area contributed by atoms with E-state index >= 15 is 0 Å². The summed E-state index contributed by atoms with van der Waals surface area (Å²) in [6.45, 7) is 10.0. The quantitative estimate of drug-likeness (QED) is 0.415. The molecular weight excluding hydrogens is 434 g/mol. The van der Waals surface area contributed by atoms with Crippen LogP contribution in [0.4, 0.5) is 0 Å². The molecule has 0 saturated heterocycles. The van der Waals surface area contributed by atoms with Gasteiger partial charge in [0.2, 0.25) is 0 Å². The molecule has 0 bridgehead atoms. The summed E-state index contributed by atoms with van der Waals surface area (Å²) in [6, 6.07) is 13.2. The van der Waals surface area contributed by atoms with Gasteiger partial charge in [-0.1, -0.05) is 23.8 Å². The maximum atomic E-state index is 11.2. The predicted molar refractivity (Wildman–Crippen MR) is 123 cm³/mol. The van der Waals surface area contributed by atoms with Crippen molar-refractivity contribution in [2.45, 2.75) is 52.9 Å². The number of aliphatic hydroxyl groups is 1. The van der Waals surface area contributed by atoms with Crippen molar-refractivity contribution in [2.75, 3.05) is 12.8 Å². The van der Waals surface area contributed by atoms with Gasteiger partial charge in [0.05, 0.1) is 12.4 Å². The van der Waals surface area contributed by atoms with Crippen LogP contribution in [0.3, 0.4) is 0 Å². The van der Waals surface area contributed by atoms with E-state index in [1.165, 1.54) is 6.92 Å². The van der Waals surface area contributed by atoms with Gasteiger partial charge in [0, 0.05) is 24.6 Å². The molecule has 0 fully saturated rings. The molecule has 8 nitrogen and oxygen atoms in total. The summed E-state index contributed by atoms with van der Waals surface area (Å²) in [7, 11) is -3.67. The summed E-state index contributed by atoms with van der Waals surface area (Å²) in [5, 5.41) is 13.8. The second-order valence-electron chi connectivity index (χ2n) is 8.44. The van der Waals surface area contributed by atoms with E-state index < -0.39 is 16.2 Å². The molecule has 3 N–H and O–H groups in total. The molecule has 2 aromatic rings. The van der Waals surface area contributed by atoms with Crippen LogP contribution >= 0.6 is 0 Å². The molecule has 0 saturated carbocycles. The number of ether oxygens (including phenoxy) is 2. The number of nitrogens with one attached hydrogen (secondary N) is 1. The van der Waals surface area contributed by atoms with Gasteiger partial charge in [0.1, 0.15) is 18.1 Å². The van der Waals surface area contributed by atoms with Gasteiger partial charge in [-0.05, 0) is 57.5 Å². The zero-order chi connectivity index (χ0) is 24.5. The third-order valence-corrected chi connectivity index (χ3v) is 3.97. The number of hydrogen-bond acceptors (Lipinski definition) is 7. The highest BCUT2D eigenvalue weighted by atomic mass is 32.2. The molecule has 0 aliphatic carbocycles. The van der Waals surface area contributed by atoms with Crippen molar-refractivity contribution >= 4 is 16.1 Å². The minimum atomic E-state index is -3.67. The molecule has 0 aliphatic rings. The minimum absolute atomic E-state index is 0.0871. The Bertz CT molecular complexity index is 972. The first-order chi connectivity index (χ1) is 14.6. The highest BCUT2D eigenvalue weighted by Gasteiger charge is 2.16. The average molecular weight is 468 g/mol. The Morgan fingerprint density at radius 1 is 1.12 bits per heavy atom. The van der Waals surface area contributed by atoms with Gasteiger partial charge in [-0.15, -0.1) is 0 Å². The fraction of sp³-hybridized carbons (Fsp3) is 0.435. The summed E-state index contributed by atoms with van der Waals surface area (Å²) in [4.78, 5) is 11.2. The molecule has 0 radical (unpaired) electrons. The van der Waals surface area contributed by atoms with E-state index in [2.05, 4.69) is 5.32 Å². The maximum Gasteiger partial charge on any atom is 0.302 e. The highest BCUT2D eigenvalue weighted by Crippen LogP contribution is 2.29. The molecule has 0 heterocycles. The number of β-amino-alcohol motifs (C(OH)–C–C–N with tert-alkyl or cyclic N) is 1. The Kier molecular flexibility index (Phi) is 10.3. The predicted octanol–water partition coefficient (Wildman–Crippen LogP) is 3.78. The smallest absolute Gasteiger partial charge is 0.302 e. The Labute approximate surface area is 190 Å². The lowest BCUT2D eigenvalue weighted by atomic mass is 10.0. The first-order valence-corrected chi connectivity index (χ1v) is 11.8. The van der Waals surface area contributed by atoms with Crippen LogP contribution in [0.2, 0.25) is 0 Å². The lowest BCUT2D eigenvalue weighted by Gasteiger charge is -2.23. The number of benzene rings is 2. The number of carbonyl (C=O) groups excluding carboxylic acids is 1. The van der Waals surface area contributed by atoms with Gasteiger partial charge in [-0.3, -0.25) is 9.35 Å². The van der Waals surface area contributed by atoms with E-state index in [4.69, 9.17) is 14.0 Å². The fourth-order valence-corrected chi connectivity index (χ4v) is 2.45. The van der Waals surface area contributed by atoms with Gasteiger partial charge in [0.15, 0.2) is 0 Å². The number of hydrogen-bond donors (Lipinski definition) is 3. The van der Waals surface area contributed by atoms with E-state index in [1.54, 1.807) is 6.07 Å². The van der Waals surface area contributed by atoms with E-state index in [-0.39, 0.29) is 18.1 Å². The molecule has 0 spiro atoms. The normalized spacial score (nSPS) is 12.4. The number of rotatable bonds is 7. The van der Waals surface area contributed by atoms with E-state index in [0.29, 0.717) is 29.9 Å². The van der Waals surface area contributed by atoms with Crippen molar-refractivity contribution in [1.82, 2.24) is 5.32 Å². The lowest BCUT2D eigenvalue weighted by Crippen LogP contribution is -2.38. The van der Waals surface area contributed by atoms with Crippen LogP contribution in [-0.2, 0) is 26.3 Å². The molecule has 2 rings (SSSR count). The Hall–Kier alpha value is -2.46. The highest BCUT2D eigenvalue weighted by molar-refractivity contribution is 7.85. The summed E-state index contributed by atoms with van der Waals surface area (Å²) in [6.07, 6.45) is 0.0428. The van der Waals surface area contributed by atoms with E-state index in [0.717, 1.165) is 11.1 Å². The fourth-order valence-electron chi connectivity index (χ4n) is 2.45. The molecular formula is C23H33NO7S. The Balaban J connectivity index is 0.000000920. The Morgan fingerprint density at radius 3 is 2.19 bits per heavy atom. The Morgan fingerprint density at radius 2 is 1.69 bits per heavy atom. The molecule has 2 aromatic carbocycles. The first kappa shape index (κ1) is 27.6. The van der Waals surface area contributed by atoms with Crippen LogP contribution in [0.25, 0.3) is 0 Å². The number of aryl methyl sites for hydroxylation is 1. The van der Waals surface area contributed by atoms with Gasteiger partial charge < -0.3 is 19.9 Å². The lowest BCUT2D eigenvalue weighted by molar-refractivity contribution is -0.142. The second-order valence-corrected chi connectivity index (χ2v) is 9.91. The van der Waals surface area contributed by atoms with Crippen molar-refractivity contribution in [2.24, 2.45) is 0 Å². The maximum absolute atomic E-state index is 11.2. The van der Waals surface area contributed by atoms with E-state index in [9.17, 15) is 18.3 Å². The molecule has 0 aromatic heterocycles. The van der Waals surface area contributed by atoms with Crippen LogP contribution in [0.5, 0.6) is 11.5 Å². The van der Waals surface area contributed by atoms with Crippen LogP contribution in [0.15, 0.2) is 42.5 Å². The number of carbonyl (C=O) groups is 1. The topological polar surface area (TPSA) is 122 Å². The molecule has 0 aliphatic heterocycles. The number of esters is 1. The monoisotopic (exact) mass is 467 g/mol. The van der Waals surface area contributed by atoms with Gasteiger partial charge in [-0.2, -0.15) is 8.42 Å². The SMILES string of the molecule is CC(=O)OCc1cc(C(O)CNC(C)(C)C)ccc1Oc1ccc(C)cc1.CS(=O)(=O)O. The van der Waals surface area contributed by atoms with Crippen molar-refractivity contribution in [3.63, 3.8) is 0 Å². The van der Waals surface area contributed by atoms with Gasteiger partial charge in [0.25, 0.3) is 10.1 Å². The van der Waals surface area contributed by atoms with Crippen LogP contribution < -0.4 is 10.1 Å². The molecule has 1 unspecified atom stereocenters. The molecule has 1 atom stereocenters. The average Bonchev–Trinajstić information content (AvgIpc) is 2.65. The summed E-state index contributed by atoms with van der Waals surface area (Å²) in [5.41, 5.74) is 2.51. The summed E-state index contributed by atoms with van der Waals surface area (Å²) >= 11 is 0. The van der Waals surface area contributed by atoms with Crippen LogP contribution in [0.1, 0.15) is 50.5 Å². The van der Waals surface area contributed by atoms with Crippen molar-refractivity contribution < 1.29 is 32.3 Å². The van der Waals surface area contributed by atoms with Gasteiger partial charge >= 0.3 is 5.97 Å². The third-order valence-electron chi connectivity index (χ3n) is 3.97. The molecule has 178 valence electrons. The van der Waals surface area contributed by atoms with Crippen molar-refractivity contribution in [3.05, 3.63) is 59.2 Å². The zero-order valence-corrected chi connectivity index (χ0v) is 20.2. The standard InChI is InChI=1S/C22H29NO4.CH4O3S/c1-15-6-9-19(10-7-15)27-21-11-8-17(12-18(21)14-26-16(2)24)20(25)13-23-22(3,4)5;1-5(2,3)4/h6-12,20,23,25H,13-14H2,1-5H3;1H3,(H,2,3,4). The molecule has 0 amide bonds. The largest absolute Gasteiger partial charge is 0.461 e. The second kappa shape index (κ2) is 12.0. The molecule has 32 heavy (non-hydrogen) atoms. The minimum Gasteiger partial charge on any atom is -0.461 e. The van der Waals surface area contributed by atoms with Gasteiger partial charge in [-0.25, -0.2) is 0 Å². The zero-order valence-electron chi connectivity index (χ0n) is 19.4. The van der Waals surface area contributed by atoms with Crippen molar-refractivity contribution in [1.29, 1.82) is 0 Å².